The second-order valence-electron chi connectivity index (χ2n) is 8.68. The first-order chi connectivity index (χ1) is 20.5. The molecule has 236 valence electrons. The van der Waals surface area contributed by atoms with Gasteiger partial charge in [-0.15, -0.1) is 0 Å². The lowest BCUT2D eigenvalue weighted by Crippen LogP contribution is -2.56. The molecule has 0 saturated heterocycles. The number of carboxylic acid groups (broad SMARTS) is 3. The molecule has 0 saturated carbocycles. The number of nitrogens with one attached hydrogen (secondary N) is 4. The van der Waals surface area contributed by atoms with E-state index in [0.29, 0.717) is 17.7 Å². The van der Waals surface area contributed by atoms with E-state index in [9.17, 15) is 48.6 Å². The van der Waals surface area contributed by atoms with Gasteiger partial charge in [-0.05, 0) is 17.5 Å². The third-order valence-corrected chi connectivity index (χ3v) is 7.75. The van der Waals surface area contributed by atoms with Crippen LogP contribution in [0.1, 0.15) is 30.4 Å². The van der Waals surface area contributed by atoms with Crippen molar-refractivity contribution < 1.29 is 58.4 Å². The van der Waals surface area contributed by atoms with Crippen molar-refractivity contribution in [3.05, 3.63) is 35.4 Å². The van der Waals surface area contributed by atoms with Gasteiger partial charge in [-0.25, -0.2) is 4.79 Å². The topological polar surface area (TPSA) is 255 Å². The molecule has 0 aromatic heterocycles. The summed E-state index contributed by atoms with van der Waals surface area (Å²) in [4.78, 5) is 93.2. The van der Waals surface area contributed by atoms with Gasteiger partial charge >= 0.3 is 17.9 Å². The second-order valence-corrected chi connectivity index (χ2v) is 11.3. The molecule has 0 bridgehead atoms. The first kappa shape index (κ1) is 36.7. The molecule has 1 aromatic carbocycles. The van der Waals surface area contributed by atoms with Crippen LogP contribution in [-0.4, -0.2) is 100 Å². The molecule has 1 rings (SSSR count). The number of hydrogen-bond donors (Lipinski definition) is 7. The van der Waals surface area contributed by atoms with Crippen LogP contribution in [0.2, 0.25) is 0 Å². The highest BCUT2D eigenvalue weighted by Crippen LogP contribution is 2.21. The summed E-state index contributed by atoms with van der Waals surface area (Å²) in [5.41, 5.74) is 1.31. The van der Waals surface area contributed by atoms with Gasteiger partial charge < -0.3 is 41.3 Å². The average molecular weight is 645 g/mol. The minimum Gasteiger partial charge on any atom is -0.481 e. The van der Waals surface area contributed by atoms with Gasteiger partial charge in [0.2, 0.25) is 24.1 Å². The van der Waals surface area contributed by atoms with E-state index in [0.717, 1.165) is 16.4 Å². The van der Waals surface area contributed by atoms with Crippen LogP contribution in [-0.2, 0) is 56.1 Å². The van der Waals surface area contributed by atoms with E-state index in [-0.39, 0.29) is 38.2 Å². The fourth-order valence-electron chi connectivity index (χ4n) is 3.31. The smallest absolute Gasteiger partial charge is 0.327 e. The van der Waals surface area contributed by atoms with Crippen molar-refractivity contribution in [3.8, 4) is 0 Å². The Kier molecular flexibility index (Phi) is 17.5. The summed E-state index contributed by atoms with van der Waals surface area (Å²) in [6.45, 7) is 0.627. The number of carbonyl (C=O) groups is 8. The molecule has 0 spiro atoms. The van der Waals surface area contributed by atoms with Crippen molar-refractivity contribution >= 4 is 70.1 Å². The largest absolute Gasteiger partial charge is 0.481 e. The molecule has 0 aliphatic rings. The summed E-state index contributed by atoms with van der Waals surface area (Å²) >= 11 is 0. The van der Waals surface area contributed by atoms with Crippen molar-refractivity contribution in [2.75, 3.05) is 18.1 Å². The Morgan fingerprint density at radius 3 is 2.02 bits per heavy atom. The van der Waals surface area contributed by atoms with Gasteiger partial charge in [0.05, 0.1) is 12.8 Å². The van der Waals surface area contributed by atoms with Crippen LogP contribution in [0.4, 0.5) is 0 Å². The van der Waals surface area contributed by atoms with Crippen molar-refractivity contribution in [1.82, 2.24) is 21.3 Å². The molecule has 0 unspecified atom stereocenters. The molecule has 1 aromatic rings. The van der Waals surface area contributed by atoms with Gasteiger partial charge in [-0.1, -0.05) is 45.9 Å². The maximum absolute atomic E-state index is 13.0. The predicted octanol–water partition coefficient (Wildman–Crippen LogP) is -1.09. The van der Waals surface area contributed by atoms with E-state index < -0.39 is 66.6 Å². The Morgan fingerprint density at radius 2 is 1.44 bits per heavy atom. The highest BCUT2D eigenvalue weighted by Gasteiger charge is 2.31. The zero-order valence-corrected chi connectivity index (χ0v) is 24.3. The number of carbonyl (C=O) groups excluding carboxylic acids is 5. The minimum atomic E-state index is -1.75. The lowest BCUT2D eigenvalue weighted by atomic mass is 10.1. The summed E-state index contributed by atoms with van der Waals surface area (Å²) in [7, 11) is 2.22. The molecule has 7 N–H and O–H groups in total. The lowest BCUT2D eigenvalue weighted by molar-refractivity contribution is -0.143. The van der Waals surface area contributed by atoms with Gasteiger partial charge in [0, 0.05) is 24.5 Å². The van der Waals surface area contributed by atoms with Gasteiger partial charge in [0.1, 0.15) is 24.7 Å². The molecule has 16 nitrogen and oxygen atoms in total. The van der Waals surface area contributed by atoms with Crippen molar-refractivity contribution in [2.24, 2.45) is 0 Å². The highest BCUT2D eigenvalue weighted by molar-refractivity contribution is 8.76. The summed E-state index contributed by atoms with van der Waals surface area (Å²) in [6, 6.07) is 1.92. The highest BCUT2D eigenvalue weighted by atomic mass is 33.1. The monoisotopic (exact) mass is 644 g/mol. The molecule has 43 heavy (non-hydrogen) atoms. The SMILES string of the molecule is O=CNCc1ccc(CC(=O)N[C@@H](CCC(=O)O)C(=O)N[C@@H](CC(=O)O)C(=O)N[C@@H](CSSCCOC=O)C(=O)O)cc1. The van der Waals surface area contributed by atoms with E-state index in [2.05, 4.69) is 26.0 Å². The molecule has 3 atom stereocenters. The number of aliphatic carboxylic acids is 3. The number of carboxylic acids is 3. The Hall–Kier alpha value is -4.32. The van der Waals surface area contributed by atoms with Gasteiger partial charge in [-0.3, -0.25) is 33.6 Å². The summed E-state index contributed by atoms with van der Waals surface area (Å²) < 4.78 is 4.51. The van der Waals surface area contributed by atoms with Crippen molar-refractivity contribution in [3.63, 3.8) is 0 Å². The quantitative estimate of drug-likeness (QED) is 0.0425. The van der Waals surface area contributed by atoms with E-state index >= 15 is 0 Å². The molecule has 0 fully saturated rings. The lowest BCUT2D eigenvalue weighted by Gasteiger charge is -2.23. The maximum Gasteiger partial charge on any atom is 0.327 e. The van der Waals surface area contributed by atoms with E-state index in [1.807, 2.05) is 0 Å². The van der Waals surface area contributed by atoms with Gasteiger partial charge in [0.15, 0.2) is 0 Å². The molecule has 18 heteroatoms. The third kappa shape index (κ3) is 16.0. The van der Waals surface area contributed by atoms with E-state index in [4.69, 9.17) is 5.11 Å². The Morgan fingerprint density at radius 1 is 0.814 bits per heavy atom. The number of rotatable bonds is 23. The normalized spacial score (nSPS) is 12.5. The first-order valence-corrected chi connectivity index (χ1v) is 15.1. The Labute approximate surface area is 253 Å². The molecule has 0 aliphatic carbocycles. The Bertz CT molecular complexity index is 1140. The van der Waals surface area contributed by atoms with Crippen LogP contribution >= 0.6 is 21.6 Å². The van der Waals surface area contributed by atoms with E-state index in [1.165, 1.54) is 10.8 Å². The first-order valence-electron chi connectivity index (χ1n) is 12.6. The van der Waals surface area contributed by atoms with Crippen LogP contribution in [0, 0.1) is 0 Å². The maximum atomic E-state index is 13.0. The molecular weight excluding hydrogens is 612 g/mol. The summed E-state index contributed by atoms with van der Waals surface area (Å²) in [5, 5.41) is 37.0. The summed E-state index contributed by atoms with van der Waals surface area (Å²) in [6.07, 6.45) is -1.52. The van der Waals surface area contributed by atoms with Crippen LogP contribution in [0.15, 0.2) is 24.3 Å². The van der Waals surface area contributed by atoms with Crippen LogP contribution in [0.5, 0.6) is 0 Å². The van der Waals surface area contributed by atoms with Crippen molar-refractivity contribution in [1.29, 1.82) is 0 Å². The van der Waals surface area contributed by atoms with Crippen LogP contribution in [0.3, 0.4) is 0 Å². The molecule has 0 aliphatic heterocycles. The van der Waals surface area contributed by atoms with Gasteiger partial charge in [0.25, 0.3) is 6.47 Å². The van der Waals surface area contributed by atoms with Crippen LogP contribution < -0.4 is 21.3 Å². The number of ether oxygens (including phenoxy) is 1. The summed E-state index contributed by atoms with van der Waals surface area (Å²) in [5.74, 6) is -6.83. The second kappa shape index (κ2) is 20.5. The fourth-order valence-corrected chi connectivity index (χ4v) is 5.31. The fraction of sp³-hybridized carbons (Fsp3) is 0.440. The number of amides is 4. The number of benzene rings is 1. The molecule has 0 heterocycles. The average Bonchev–Trinajstić information content (AvgIpc) is 2.95. The zero-order valence-electron chi connectivity index (χ0n) is 22.7. The Balaban J connectivity index is 2.91. The van der Waals surface area contributed by atoms with E-state index in [1.54, 1.807) is 24.3 Å². The molecule has 4 amide bonds. The zero-order chi connectivity index (χ0) is 32.2. The van der Waals surface area contributed by atoms with Crippen LogP contribution in [0.25, 0.3) is 0 Å². The molecular formula is C25H32N4O12S2. The standard InChI is InChI=1S/C25H32N4O12S2/c30-13-26-11-16-3-1-15(2-4-16)9-20(32)27-17(5-6-21(33)34)23(37)28-18(10-22(35)36)24(38)29-19(25(39)40)12-43-42-8-7-41-14-31/h1-4,13-14,17-19H,5-12H2,(H,26,30)(H,27,32)(H,28,37)(H,29,38)(H,33,34)(H,35,36)(H,39,40)/t17-,18-,19-/m0/s1. The third-order valence-electron chi connectivity index (χ3n) is 5.37. The minimum absolute atomic E-state index is 0.0873. The van der Waals surface area contributed by atoms with Crippen molar-refractivity contribution in [2.45, 2.75) is 50.4 Å². The predicted molar refractivity (Wildman–Crippen MR) is 153 cm³/mol. The molecule has 0 radical (unpaired) electrons. The van der Waals surface area contributed by atoms with Gasteiger partial charge in [-0.2, -0.15) is 0 Å². The number of hydrogen-bond acceptors (Lipinski definition) is 11.